The van der Waals surface area contributed by atoms with Crippen molar-refractivity contribution in [3.63, 3.8) is 0 Å². The van der Waals surface area contributed by atoms with Crippen LogP contribution in [0, 0.1) is 0 Å². The molecule has 0 saturated heterocycles. The number of hydrogen-bond donors (Lipinski definition) is 2. The van der Waals surface area contributed by atoms with Crippen molar-refractivity contribution in [2.24, 2.45) is 0 Å². The van der Waals surface area contributed by atoms with Crippen molar-refractivity contribution in [2.75, 3.05) is 10.6 Å². The molecule has 110 valence electrons. The molecule has 0 radical (unpaired) electrons. The normalized spacial score (nSPS) is 11.7. The molecule has 1 aromatic carbocycles. The van der Waals surface area contributed by atoms with Crippen LogP contribution in [0.15, 0.2) is 40.7 Å². The Bertz CT molecular complexity index is 612. The van der Waals surface area contributed by atoms with Gasteiger partial charge >= 0.3 is 0 Å². The van der Waals surface area contributed by atoms with E-state index in [2.05, 4.69) is 15.6 Å². The zero-order chi connectivity index (χ0) is 15.2. The monoisotopic (exact) mass is 321 g/mol. The summed E-state index contributed by atoms with van der Waals surface area (Å²) in [7, 11) is 0. The minimum Gasteiger partial charge on any atom is -0.326 e. The van der Waals surface area contributed by atoms with E-state index in [1.807, 2.05) is 36.6 Å². The minimum absolute atomic E-state index is 0.0825. The second-order valence-electron chi connectivity index (χ2n) is 4.29. The van der Waals surface area contributed by atoms with Crippen molar-refractivity contribution in [1.82, 2.24) is 4.98 Å². The molecular weight excluding hydrogens is 306 g/mol. The molecule has 0 aliphatic carbocycles. The lowest BCUT2D eigenvalue weighted by molar-refractivity contribution is -0.115. The number of hydrogen-bond acceptors (Lipinski definition) is 5. The van der Waals surface area contributed by atoms with E-state index in [0.717, 1.165) is 10.6 Å². The molecule has 1 unspecified atom stereocenters. The summed E-state index contributed by atoms with van der Waals surface area (Å²) < 4.78 is 0. The number of rotatable bonds is 5. The number of aromatic nitrogens is 1. The summed E-state index contributed by atoms with van der Waals surface area (Å²) in [6, 6.07) is 7.39. The lowest BCUT2D eigenvalue weighted by atomic mass is 10.3. The van der Waals surface area contributed by atoms with Crippen LogP contribution < -0.4 is 10.6 Å². The highest BCUT2D eigenvalue weighted by molar-refractivity contribution is 8.00. The first-order chi connectivity index (χ1) is 10.0. The number of thiazole rings is 1. The summed E-state index contributed by atoms with van der Waals surface area (Å²) >= 11 is 2.84. The van der Waals surface area contributed by atoms with Gasteiger partial charge in [-0.15, -0.1) is 23.1 Å². The van der Waals surface area contributed by atoms with E-state index < -0.39 is 0 Å². The third-order valence-electron chi connectivity index (χ3n) is 2.52. The molecule has 2 amide bonds. The van der Waals surface area contributed by atoms with Crippen molar-refractivity contribution >= 4 is 45.7 Å². The number of nitrogens with one attached hydrogen (secondary N) is 2. The molecule has 1 aromatic heterocycles. The highest BCUT2D eigenvalue weighted by Gasteiger charge is 2.15. The highest BCUT2D eigenvalue weighted by Crippen LogP contribution is 2.25. The zero-order valence-corrected chi connectivity index (χ0v) is 13.3. The van der Waals surface area contributed by atoms with Crippen LogP contribution in [0.25, 0.3) is 0 Å². The summed E-state index contributed by atoms with van der Waals surface area (Å²) in [5, 5.41) is 7.66. The second kappa shape index (κ2) is 7.24. The molecule has 1 atom stereocenters. The minimum atomic E-state index is -0.236. The predicted molar refractivity (Wildman–Crippen MR) is 86.8 cm³/mol. The molecule has 2 aromatic rings. The van der Waals surface area contributed by atoms with E-state index in [0.29, 0.717) is 5.13 Å². The first-order valence-corrected chi connectivity index (χ1v) is 8.05. The molecule has 0 spiro atoms. The number of nitrogens with zero attached hydrogens (tertiary/aromatic N) is 1. The number of benzene rings is 1. The quantitative estimate of drug-likeness (QED) is 0.830. The Kier molecular flexibility index (Phi) is 5.35. The van der Waals surface area contributed by atoms with Crippen molar-refractivity contribution in [1.29, 1.82) is 0 Å². The third kappa shape index (κ3) is 4.87. The van der Waals surface area contributed by atoms with Gasteiger partial charge in [-0.25, -0.2) is 4.98 Å². The molecule has 21 heavy (non-hydrogen) atoms. The fourth-order valence-corrected chi connectivity index (χ4v) is 2.97. The van der Waals surface area contributed by atoms with Crippen LogP contribution in [-0.4, -0.2) is 22.0 Å². The fraction of sp³-hybridized carbons (Fsp3) is 0.214. The van der Waals surface area contributed by atoms with Crippen LogP contribution in [0.5, 0.6) is 0 Å². The van der Waals surface area contributed by atoms with Crippen LogP contribution >= 0.6 is 23.1 Å². The topological polar surface area (TPSA) is 71.1 Å². The third-order valence-corrected chi connectivity index (χ3v) is 4.32. The Morgan fingerprint density at radius 2 is 1.95 bits per heavy atom. The standard InChI is InChI=1S/C14H15N3O2S2/c1-9(13(19)17-14-15-7-8-20-14)21-12-5-3-11(4-6-12)16-10(2)18/h3-9H,1-2H3,(H,16,18)(H,15,17,19). The molecular formula is C14H15N3O2S2. The van der Waals surface area contributed by atoms with E-state index in [1.54, 1.807) is 6.20 Å². The maximum absolute atomic E-state index is 12.0. The van der Waals surface area contributed by atoms with Crippen LogP contribution in [0.2, 0.25) is 0 Å². The Morgan fingerprint density at radius 1 is 1.24 bits per heavy atom. The van der Waals surface area contributed by atoms with Gasteiger partial charge in [0.2, 0.25) is 11.8 Å². The largest absolute Gasteiger partial charge is 0.326 e. The number of carbonyl (C=O) groups is 2. The van der Waals surface area contributed by atoms with Crippen LogP contribution in [-0.2, 0) is 9.59 Å². The van der Waals surface area contributed by atoms with Crippen LogP contribution in [0.1, 0.15) is 13.8 Å². The van der Waals surface area contributed by atoms with E-state index in [1.165, 1.54) is 30.0 Å². The van der Waals surface area contributed by atoms with Gasteiger partial charge in [0, 0.05) is 29.1 Å². The lowest BCUT2D eigenvalue weighted by Gasteiger charge is -2.11. The van der Waals surface area contributed by atoms with Crippen LogP contribution in [0.4, 0.5) is 10.8 Å². The van der Waals surface area contributed by atoms with Gasteiger partial charge in [-0.2, -0.15) is 0 Å². The van der Waals surface area contributed by atoms with E-state index >= 15 is 0 Å². The summed E-state index contributed by atoms with van der Waals surface area (Å²) in [6.07, 6.45) is 1.65. The van der Waals surface area contributed by atoms with Gasteiger partial charge in [0.1, 0.15) is 0 Å². The summed E-state index contributed by atoms with van der Waals surface area (Å²) in [5.41, 5.74) is 0.742. The van der Waals surface area contributed by atoms with Gasteiger partial charge in [-0.1, -0.05) is 0 Å². The number of thioether (sulfide) groups is 1. The number of amides is 2. The van der Waals surface area contributed by atoms with Gasteiger partial charge in [-0.05, 0) is 31.2 Å². The SMILES string of the molecule is CC(=O)Nc1ccc(SC(C)C(=O)Nc2nccs2)cc1. The van der Waals surface area contributed by atoms with Gasteiger partial charge in [-0.3, -0.25) is 9.59 Å². The fourth-order valence-electron chi connectivity index (χ4n) is 1.57. The predicted octanol–water partition coefficient (Wildman–Crippen LogP) is 3.22. The maximum Gasteiger partial charge on any atom is 0.239 e. The molecule has 1 heterocycles. The van der Waals surface area contributed by atoms with E-state index in [-0.39, 0.29) is 17.1 Å². The molecule has 2 rings (SSSR count). The molecule has 0 bridgehead atoms. The Morgan fingerprint density at radius 3 is 2.52 bits per heavy atom. The molecule has 0 fully saturated rings. The van der Waals surface area contributed by atoms with Crippen LogP contribution in [0.3, 0.4) is 0 Å². The molecule has 0 aliphatic rings. The maximum atomic E-state index is 12.0. The number of carbonyl (C=O) groups excluding carboxylic acids is 2. The summed E-state index contributed by atoms with van der Waals surface area (Å²) in [5.74, 6) is -0.188. The van der Waals surface area contributed by atoms with Gasteiger partial charge < -0.3 is 10.6 Å². The number of anilines is 2. The summed E-state index contributed by atoms with van der Waals surface area (Å²) in [4.78, 5) is 27.9. The molecule has 0 aliphatic heterocycles. The smallest absolute Gasteiger partial charge is 0.239 e. The first kappa shape index (κ1) is 15.5. The Labute approximate surface area is 131 Å². The van der Waals surface area contributed by atoms with Crippen molar-refractivity contribution in [2.45, 2.75) is 24.0 Å². The second-order valence-corrected chi connectivity index (χ2v) is 6.60. The van der Waals surface area contributed by atoms with Crippen molar-refractivity contribution in [3.05, 3.63) is 35.8 Å². The van der Waals surface area contributed by atoms with Crippen molar-refractivity contribution < 1.29 is 9.59 Å². The van der Waals surface area contributed by atoms with E-state index in [4.69, 9.17) is 0 Å². The van der Waals surface area contributed by atoms with Gasteiger partial charge in [0.05, 0.1) is 5.25 Å². The average molecular weight is 321 g/mol. The highest BCUT2D eigenvalue weighted by atomic mass is 32.2. The lowest BCUT2D eigenvalue weighted by Crippen LogP contribution is -2.22. The average Bonchev–Trinajstić information content (AvgIpc) is 2.93. The first-order valence-electron chi connectivity index (χ1n) is 6.29. The molecule has 5 nitrogen and oxygen atoms in total. The molecule has 2 N–H and O–H groups in total. The van der Waals surface area contributed by atoms with Gasteiger partial charge in [0.15, 0.2) is 5.13 Å². The zero-order valence-electron chi connectivity index (χ0n) is 11.6. The van der Waals surface area contributed by atoms with Gasteiger partial charge in [0.25, 0.3) is 0 Å². The molecule has 7 heteroatoms. The Balaban J connectivity index is 1.91. The Hall–Kier alpha value is -1.86. The van der Waals surface area contributed by atoms with Crippen molar-refractivity contribution in [3.8, 4) is 0 Å². The summed E-state index contributed by atoms with van der Waals surface area (Å²) in [6.45, 7) is 3.31. The van der Waals surface area contributed by atoms with E-state index in [9.17, 15) is 9.59 Å². The molecule has 0 saturated carbocycles.